The number of fused-ring (bicyclic) bond motifs is 1. The lowest BCUT2D eigenvalue weighted by Crippen LogP contribution is -2.38. The van der Waals surface area contributed by atoms with Gasteiger partial charge in [0.15, 0.2) is 0 Å². The van der Waals surface area contributed by atoms with Crippen LogP contribution in [-0.4, -0.2) is 11.2 Å². The van der Waals surface area contributed by atoms with Crippen LogP contribution in [0.5, 0.6) is 0 Å². The molecule has 0 heterocycles. The van der Waals surface area contributed by atoms with Crippen LogP contribution in [0.1, 0.15) is 86.0 Å². The predicted octanol–water partition coefficient (Wildman–Crippen LogP) is 7.58. The third-order valence-electron chi connectivity index (χ3n) is 9.10. The summed E-state index contributed by atoms with van der Waals surface area (Å²) in [6.45, 7) is 16.4. The Morgan fingerprint density at radius 3 is 2.52 bits per heavy atom. The summed E-state index contributed by atoms with van der Waals surface area (Å²) in [6.07, 6.45) is 19.5. The van der Waals surface area contributed by atoms with E-state index < -0.39 is 0 Å². The minimum absolute atomic E-state index is 0.136. The summed E-state index contributed by atoms with van der Waals surface area (Å²) >= 11 is 0. The lowest BCUT2D eigenvalue weighted by molar-refractivity contribution is 0.0546. The van der Waals surface area contributed by atoms with Crippen LogP contribution in [0.25, 0.3) is 0 Å². The van der Waals surface area contributed by atoms with Crippen molar-refractivity contribution in [2.24, 2.45) is 46.8 Å². The van der Waals surface area contributed by atoms with E-state index in [4.69, 9.17) is 0 Å². The highest BCUT2D eigenvalue weighted by atomic mass is 16.3. The van der Waals surface area contributed by atoms with Crippen molar-refractivity contribution >= 4 is 0 Å². The largest absolute Gasteiger partial charge is 0.393 e. The van der Waals surface area contributed by atoms with Gasteiger partial charge in [0, 0.05) is 0 Å². The molecule has 1 N–H and O–H groups in total. The Morgan fingerprint density at radius 2 is 1.79 bits per heavy atom. The fraction of sp³-hybridized carbons (Fsp3) is 0.786. The molecule has 0 aromatic carbocycles. The molecule has 0 radical (unpaired) electrons. The van der Waals surface area contributed by atoms with Crippen molar-refractivity contribution in [1.29, 1.82) is 0 Å². The molecule has 0 amide bonds. The molecule has 0 aromatic heterocycles. The first-order chi connectivity index (χ1) is 13.7. The monoisotopic (exact) mass is 398 g/mol. The van der Waals surface area contributed by atoms with Gasteiger partial charge in [0.05, 0.1) is 6.10 Å². The first-order valence-corrected chi connectivity index (χ1v) is 12.4. The van der Waals surface area contributed by atoms with Crippen LogP contribution < -0.4 is 0 Å². The van der Waals surface area contributed by atoms with Gasteiger partial charge in [-0.2, -0.15) is 0 Å². The van der Waals surface area contributed by atoms with Gasteiger partial charge in [-0.05, 0) is 91.8 Å². The van der Waals surface area contributed by atoms with E-state index in [1.165, 1.54) is 37.7 Å². The van der Waals surface area contributed by atoms with Gasteiger partial charge in [0.1, 0.15) is 0 Å². The van der Waals surface area contributed by atoms with E-state index >= 15 is 0 Å². The van der Waals surface area contributed by atoms with Crippen LogP contribution in [-0.2, 0) is 0 Å². The van der Waals surface area contributed by atoms with Gasteiger partial charge in [0.25, 0.3) is 0 Å². The van der Waals surface area contributed by atoms with Crippen LogP contribution in [0.2, 0.25) is 0 Å². The van der Waals surface area contributed by atoms with E-state index in [0.29, 0.717) is 23.2 Å². The molecule has 0 spiro atoms. The Bertz CT molecular complexity index is 614. The molecule has 0 aromatic rings. The van der Waals surface area contributed by atoms with Crippen molar-refractivity contribution < 1.29 is 5.11 Å². The van der Waals surface area contributed by atoms with Crippen LogP contribution in [0.15, 0.2) is 36.5 Å². The van der Waals surface area contributed by atoms with E-state index in [9.17, 15) is 5.11 Å². The van der Waals surface area contributed by atoms with Gasteiger partial charge in [0.2, 0.25) is 0 Å². The molecule has 1 nitrogen and oxygen atoms in total. The summed E-state index contributed by atoms with van der Waals surface area (Å²) in [5.41, 5.74) is 1.81. The number of aliphatic hydroxyl groups excluding tert-OH is 1. The van der Waals surface area contributed by atoms with Crippen LogP contribution >= 0.6 is 0 Å². The molecular weight excluding hydrogens is 352 g/mol. The van der Waals surface area contributed by atoms with Gasteiger partial charge in [-0.3, -0.25) is 0 Å². The Labute approximate surface area is 180 Å². The summed E-state index contributed by atoms with van der Waals surface area (Å²) < 4.78 is 0. The van der Waals surface area contributed by atoms with Gasteiger partial charge >= 0.3 is 0 Å². The molecule has 8 atom stereocenters. The fourth-order valence-corrected chi connectivity index (χ4v) is 6.69. The van der Waals surface area contributed by atoms with Crippen molar-refractivity contribution in [2.45, 2.75) is 92.1 Å². The smallest absolute Gasteiger partial charge is 0.0552 e. The standard InChI is InChI=1S/C28H46O/c1-19(2)20(3)9-10-22(5)26-15-16-27-23(8-7-17-28(26,27)6)12-13-24-18-25(29)14-11-21(24)4/h9-10,12-13,19-20,22-27,29H,4,7-8,11,14-18H2,1-3,5-6H3/b10-9+,13-12+/t20-,22+,23?,24?,25-,26+,27-,28?/m0/s1. The second kappa shape index (κ2) is 9.54. The lowest BCUT2D eigenvalue weighted by Gasteiger charge is -2.46. The molecule has 164 valence electrons. The maximum Gasteiger partial charge on any atom is 0.0552 e. The quantitative estimate of drug-likeness (QED) is 0.457. The lowest BCUT2D eigenvalue weighted by atomic mass is 9.59. The van der Waals surface area contributed by atoms with Gasteiger partial charge in [-0.15, -0.1) is 0 Å². The maximum atomic E-state index is 10.1. The first-order valence-electron chi connectivity index (χ1n) is 12.4. The fourth-order valence-electron chi connectivity index (χ4n) is 6.69. The minimum Gasteiger partial charge on any atom is -0.393 e. The summed E-state index contributed by atoms with van der Waals surface area (Å²) in [6, 6.07) is 0. The number of hydrogen-bond donors (Lipinski definition) is 1. The van der Waals surface area contributed by atoms with Crippen molar-refractivity contribution in [3.8, 4) is 0 Å². The summed E-state index contributed by atoms with van der Waals surface area (Å²) in [4.78, 5) is 0. The molecule has 3 aliphatic carbocycles. The van der Waals surface area contributed by atoms with Gasteiger partial charge < -0.3 is 5.11 Å². The number of hydrogen-bond acceptors (Lipinski definition) is 1. The normalized spacial score (nSPS) is 40.7. The highest BCUT2D eigenvalue weighted by molar-refractivity contribution is 5.16. The number of aliphatic hydroxyl groups is 1. The molecule has 3 saturated carbocycles. The predicted molar refractivity (Wildman–Crippen MR) is 126 cm³/mol. The maximum absolute atomic E-state index is 10.1. The third kappa shape index (κ3) is 5.09. The number of allylic oxidation sites excluding steroid dienone is 5. The van der Waals surface area contributed by atoms with Gasteiger partial charge in [-0.1, -0.05) is 77.5 Å². The zero-order chi connectivity index (χ0) is 21.2. The second-order valence-electron chi connectivity index (χ2n) is 11.3. The SMILES string of the molecule is C=C1CC[C@H](O)CC1/C=C/C1CCCC2(C)[C@@H]([C@H](C)/C=C/[C@H](C)C(C)C)CC[C@@H]12. The molecule has 3 fully saturated rings. The van der Waals surface area contributed by atoms with E-state index in [-0.39, 0.29) is 6.10 Å². The molecule has 3 aliphatic rings. The molecule has 0 bridgehead atoms. The van der Waals surface area contributed by atoms with Crippen LogP contribution in [0.3, 0.4) is 0 Å². The molecule has 1 heteroatoms. The summed E-state index contributed by atoms with van der Waals surface area (Å²) in [5.74, 6) is 4.84. The van der Waals surface area contributed by atoms with E-state index in [1.54, 1.807) is 0 Å². The van der Waals surface area contributed by atoms with E-state index in [0.717, 1.165) is 42.9 Å². The first kappa shape index (κ1) is 22.9. The summed E-state index contributed by atoms with van der Waals surface area (Å²) in [5, 5.41) is 10.1. The summed E-state index contributed by atoms with van der Waals surface area (Å²) in [7, 11) is 0. The highest BCUT2D eigenvalue weighted by Gasteiger charge is 2.51. The Balaban J connectivity index is 1.68. The topological polar surface area (TPSA) is 20.2 Å². The van der Waals surface area contributed by atoms with Crippen LogP contribution in [0, 0.1) is 46.8 Å². The van der Waals surface area contributed by atoms with Gasteiger partial charge in [-0.25, -0.2) is 0 Å². The number of rotatable bonds is 6. The highest BCUT2D eigenvalue weighted by Crippen LogP contribution is 2.60. The molecule has 3 unspecified atom stereocenters. The van der Waals surface area contributed by atoms with Crippen LogP contribution in [0.4, 0.5) is 0 Å². The third-order valence-corrected chi connectivity index (χ3v) is 9.10. The van der Waals surface area contributed by atoms with Crippen molar-refractivity contribution in [2.75, 3.05) is 0 Å². The zero-order valence-electron chi connectivity index (χ0n) is 19.7. The van der Waals surface area contributed by atoms with Crippen molar-refractivity contribution in [3.05, 3.63) is 36.5 Å². The second-order valence-corrected chi connectivity index (χ2v) is 11.3. The Morgan fingerprint density at radius 1 is 1.03 bits per heavy atom. The van der Waals surface area contributed by atoms with Crippen molar-refractivity contribution in [3.63, 3.8) is 0 Å². The minimum atomic E-state index is -0.136. The van der Waals surface area contributed by atoms with E-state index in [1.807, 2.05) is 0 Å². The average molecular weight is 399 g/mol. The van der Waals surface area contributed by atoms with E-state index in [2.05, 4.69) is 65.5 Å². The molecule has 29 heavy (non-hydrogen) atoms. The Hall–Kier alpha value is -0.820. The molecule has 0 aliphatic heterocycles. The molecule has 0 saturated heterocycles. The zero-order valence-corrected chi connectivity index (χ0v) is 19.7. The molecular formula is C28H46O. The van der Waals surface area contributed by atoms with Crippen molar-refractivity contribution in [1.82, 2.24) is 0 Å². The average Bonchev–Trinajstić information content (AvgIpc) is 3.04. The molecule has 3 rings (SSSR count). The Kier molecular flexibility index (Phi) is 7.52.